The maximum Gasteiger partial charge on any atom is 0.257 e. The lowest BCUT2D eigenvalue weighted by Crippen LogP contribution is -2.30. The van der Waals surface area contributed by atoms with Crippen molar-refractivity contribution in [2.45, 2.75) is 44.9 Å². The van der Waals surface area contributed by atoms with Gasteiger partial charge in [-0.3, -0.25) is 10.1 Å². The highest BCUT2D eigenvalue weighted by Crippen LogP contribution is 2.31. The van der Waals surface area contributed by atoms with Gasteiger partial charge in [-0.05, 0) is 43.9 Å². The number of thiazole rings is 1. The maximum absolute atomic E-state index is 12.7. The summed E-state index contributed by atoms with van der Waals surface area (Å²) in [5, 5.41) is 3.40. The van der Waals surface area contributed by atoms with Gasteiger partial charge in [0.1, 0.15) is 0 Å². The summed E-state index contributed by atoms with van der Waals surface area (Å²) in [6.45, 7) is 6.16. The fourth-order valence-electron chi connectivity index (χ4n) is 3.13. The van der Waals surface area contributed by atoms with E-state index in [1.165, 1.54) is 26.6 Å². The molecule has 8 heteroatoms. The molecule has 6 nitrogen and oxygen atoms in total. The molecule has 0 atom stereocenters. The van der Waals surface area contributed by atoms with Gasteiger partial charge in [0.25, 0.3) is 5.91 Å². The van der Waals surface area contributed by atoms with Crippen molar-refractivity contribution in [3.8, 4) is 0 Å². The Labute approximate surface area is 158 Å². The molecule has 0 bridgehead atoms. The first kappa shape index (κ1) is 19.0. The number of hydrogen-bond acceptors (Lipinski definition) is 5. The predicted octanol–water partition coefficient (Wildman–Crippen LogP) is 3.22. The smallest absolute Gasteiger partial charge is 0.257 e. The normalized spacial score (nSPS) is 13.8. The minimum absolute atomic E-state index is 0.138. The minimum Gasteiger partial charge on any atom is -0.298 e. The van der Waals surface area contributed by atoms with Crippen molar-refractivity contribution in [1.29, 1.82) is 0 Å². The quantitative estimate of drug-likeness (QED) is 0.817. The summed E-state index contributed by atoms with van der Waals surface area (Å²) in [5.74, 6) is -0.327. The largest absolute Gasteiger partial charge is 0.298 e. The zero-order chi connectivity index (χ0) is 18.9. The first-order valence-electron chi connectivity index (χ1n) is 8.77. The van der Waals surface area contributed by atoms with Gasteiger partial charge < -0.3 is 0 Å². The number of anilines is 1. The molecule has 26 heavy (non-hydrogen) atoms. The minimum atomic E-state index is -3.60. The molecule has 1 N–H and O–H groups in total. The average molecular weight is 394 g/mol. The highest BCUT2D eigenvalue weighted by molar-refractivity contribution is 7.89. The summed E-state index contributed by atoms with van der Waals surface area (Å²) in [5.41, 5.74) is 2.15. The van der Waals surface area contributed by atoms with Crippen molar-refractivity contribution in [2.24, 2.45) is 0 Å². The number of sulfonamides is 1. The summed E-state index contributed by atoms with van der Waals surface area (Å²) < 4.78 is 26.8. The second-order valence-corrected chi connectivity index (χ2v) is 9.28. The van der Waals surface area contributed by atoms with Crippen molar-refractivity contribution in [2.75, 3.05) is 18.4 Å². The third-order valence-corrected chi connectivity index (χ3v) is 7.73. The molecular formula is C18H23N3O3S2. The molecular weight excluding hydrogens is 370 g/mol. The molecule has 1 aromatic heterocycles. The van der Waals surface area contributed by atoms with Crippen molar-refractivity contribution >= 4 is 32.4 Å². The molecule has 1 aliphatic carbocycles. The first-order valence-corrected chi connectivity index (χ1v) is 11.0. The molecule has 0 saturated carbocycles. The van der Waals surface area contributed by atoms with Gasteiger partial charge in [0.15, 0.2) is 5.13 Å². The SMILES string of the molecule is CCN(CC)S(=O)(=O)c1ccc(C)c(C(=O)Nc2nc3c(s2)CCC3)c1. The van der Waals surface area contributed by atoms with Crippen molar-refractivity contribution in [3.63, 3.8) is 0 Å². The van der Waals surface area contributed by atoms with Gasteiger partial charge in [-0.1, -0.05) is 19.9 Å². The monoisotopic (exact) mass is 393 g/mol. The molecule has 3 rings (SSSR count). The van der Waals surface area contributed by atoms with Gasteiger partial charge in [-0.2, -0.15) is 4.31 Å². The van der Waals surface area contributed by atoms with Crippen LogP contribution < -0.4 is 5.32 Å². The summed E-state index contributed by atoms with van der Waals surface area (Å²) in [7, 11) is -3.60. The second kappa shape index (κ2) is 7.46. The Balaban J connectivity index is 1.88. The number of carbonyl (C=O) groups excluding carboxylic acids is 1. The Morgan fingerprint density at radius 2 is 2.00 bits per heavy atom. The van der Waals surface area contributed by atoms with E-state index in [0.29, 0.717) is 23.8 Å². The highest BCUT2D eigenvalue weighted by atomic mass is 32.2. The van der Waals surface area contributed by atoms with Crippen LogP contribution in [-0.2, 0) is 22.9 Å². The molecule has 0 saturated heterocycles. The molecule has 1 amide bonds. The molecule has 1 aliphatic rings. The van der Waals surface area contributed by atoms with E-state index in [1.807, 2.05) is 0 Å². The van der Waals surface area contributed by atoms with Crippen LogP contribution in [0.4, 0.5) is 5.13 Å². The zero-order valence-corrected chi connectivity index (χ0v) is 16.8. The number of amides is 1. The van der Waals surface area contributed by atoms with Crippen LogP contribution in [0.1, 0.15) is 46.8 Å². The second-order valence-electron chi connectivity index (χ2n) is 6.26. The molecule has 0 aliphatic heterocycles. The number of nitrogens with zero attached hydrogens (tertiary/aromatic N) is 2. The number of fused-ring (bicyclic) bond motifs is 1. The first-order chi connectivity index (χ1) is 12.4. The van der Waals surface area contributed by atoms with E-state index < -0.39 is 10.0 Å². The third-order valence-electron chi connectivity index (χ3n) is 4.61. The molecule has 2 aromatic rings. The van der Waals surface area contributed by atoms with Gasteiger partial charge in [-0.15, -0.1) is 11.3 Å². The summed E-state index contributed by atoms with van der Waals surface area (Å²) >= 11 is 1.50. The Kier molecular flexibility index (Phi) is 5.45. The standard InChI is InChI=1S/C18H23N3O3S2/c1-4-21(5-2)26(23,24)13-10-9-12(3)14(11-13)17(22)20-18-19-15-7-6-8-16(15)25-18/h9-11H,4-8H2,1-3H3,(H,19,20,22). The summed E-state index contributed by atoms with van der Waals surface area (Å²) in [4.78, 5) is 18.5. The van der Waals surface area contributed by atoms with Crippen LogP contribution in [0.5, 0.6) is 0 Å². The van der Waals surface area contributed by atoms with Crippen LogP contribution in [0.25, 0.3) is 0 Å². The van der Waals surface area contributed by atoms with Gasteiger partial charge in [0, 0.05) is 23.5 Å². The summed E-state index contributed by atoms with van der Waals surface area (Å²) in [6, 6.07) is 4.68. The Morgan fingerprint density at radius 1 is 1.27 bits per heavy atom. The molecule has 0 radical (unpaired) electrons. The van der Waals surface area contributed by atoms with Gasteiger partial charge in [-0.25, -0.2) is 13.4 Å². The van der Waals surface area contributed by atoms with Crippen LogP contribution in [-0.4, -0.2) is 36.7 Å². The Hall–Kier alpha value is -1.77. The number of hydrogen-bond donors (Lipinski definition) is 1. The zero-order valence-electron chi connectivity index (χ0n) is 15.2. The lowest BCUT2D eigenvalue weighted by Gasteiger charge is -2.19. The van der Waals surface area contributed by atoms with Crippen LogP contribution >= 0.6 is 11.3 Å². The van der Waals surface area contributed by atoms with E-state index in [9.17, 15) is 13.2 Å². The van der Waals surface area contributed by atoms with Crippen molar-refractivity contribution in [1.82, 2.24) is 9.29 Å². The molecule has 0 spiro atoms. The lowest BCUT2D eigenvalue weighted by atomic mass is 10.1. The Bertz CT molecular complexity index is 910. The van der Waals surface area contributed by atoms with Crippen LogP contribution in [0.2, 0.25) is 0 Å². The number of rotatable bonds is 6. The number of carbonyl (C=O) groups is 1. The molecule has 0 unspecified atom stereocenters. The van der Waals surface area contributed by atoms with Gasteiger partial charge in [0.2, 0.25) is 10.0 Å². The molecule has 1 aromatic carbocycles. The van der Waals surface area contributed by atoms with Crippen LogP contribution in [0, 0.1) is 6.92 Å². The molecule has 0 fully saturated rings. The topological polar surface area (TPSA) is 79.4 Å². The average Bonchev–Trinajstić information content (AvgIpc) is 3.17. The highest BCUT2D eigenvalue weighted by Gasteiger charge is 2.24. The molecule has 1 heterocycles. The van der Waals surface area contributed by atoms with Crippen LogP contribution in [0.15, 0.2) is 23.1 Å². The van der Waals surface area contributed by atoms with Crippen LogP contribution in [0.3, 0.4) is 0 Å². The predicted molar refractivity (Wildman–Crippen MR) is 103 cm³/mol. The van der Waals surface area contributed by atoms with E-state index >= 15 is 0 Å². The number of aromatic nitrogens is 1. The van der Waals surface area contributed by atoms with Gasteiger partial charge >= 0.3 is 0 Å². The van der Waals surface area contributed by atoms with E-state index in [4.69, 9.17) is 0 Å². The van der Waals surface area contributed by atoms with Gasteiger partial charge in [0.05, 0.1) is 10.6 Å². The number of nitrogens with one attached hydrogen (secondary N) is 1. The number of aryl methyl sites for hydroxylation is 3. The van der Waals surface area contributed by atoms with E-state index in [2.05, 4.69) is 10.3 Å². The fourth-order valence-corrected chi connectivity index (χ4v) is 5.66. The van der Waals surface area contributed by atoms with E-state index in [1.54, 1.807) is 32.9 Å². The number of benzene rings is 1. The van der Waals surface area contributed by atoms with Crippen molar-refractivity contribution < 1.29 is 13.2 Å². The maximum atomic E-state index is 12.7. The summed E-state index contributed by atoms with van der Waals surface area (Å²) in [6.07, 6.45) is 3.09. The molecule has 140 valence electrons. The van der Waals surface area contributed by atoms with Crippen molar-refractivity contribution in [3.05, 3.63) is 39.9 Å². The van der Waals surface area contributed by atoms with E-state index in [-0.39, 0.29) is 10.8 Å². The third kappa shape index (κ3) is 3.54. The Morgan fingerprint density at radius 3 is 2.65 bits per heavy atom. The lowest BCUT2D eigenvalue weighted by molar-refractivity contribution is 0.102. The van der Waals surface area contributed by atoms with E-state index in [0.717, 1.165) is 30.5 Å². The fraction of sp³-hybridized carbons (Fsp3) is 0.444.